The van der Waals surface area contributed by atoms with E-state index in [1.54, 1.807) is 12.1 Å². The van der Waals surface area contributed by atoms with Crippen LogP contribution in [0, 0.1) is 0 Å². The summed E-state index contributed by atoms with van der Waals surface area (Å²) in [5, 5.41) is -0.0163. The first-order valence-corrected chi connectivity index (χ1v) is 4.81. The van der Waals surface area contributed by atoms with Crippen molar-refractivity contribution in [3.05, 3.63) is 51.4 Å². The minimum Gasteiger partial charge on any atom is -0.259 e. The van der Waals surface area contributed by atoms with Crippen molar-refractivity contribution in [1.82, 2.24) is 14.5 Å². The van der Waals surface area contributed by atoms with Gasteiger partial charge in [0.1, 0.15) is 0 Å². The smallest absolute Gasteiger partial charge is 0.259 e. The zero-order chi connectivity index (χ0) is 10.8. The highest BCUT2D eigenvalue weighted by molar-refractivity contribution is 6.31. The topological polar surface area (TPSA) is 47.8 Å². The van der Waals surface area contributed by atoms with Gasteiger partial charge in [-0.2, -0.15) is 9.97 Å². The van der Waals surface area contributed by atoms with Crippen molar-refractivity contribution in [1.29, 1.82) is 0 Å². The number of para-hydroxylation sites is 1. The third-order valence-corrected chi connectivity index (χ3v) is 2.27. The monoisotopic (exact) mass is 241 g/mol. The Morgan fingerprint density at radius 1 is 1.00 bits per heavy atom. The molecule has 0 amide bonds. The van der Waals surface area contributed by atoms with Crippen molar-refractivity contribution < 1.29 is 0 Å². The minimum atomic E-state index is -0.697. The van der Waals surface area contributed by atoms with Gasteiger partial charge in [-0.15, -0.1) is 0 Å². The molecule has 1 aromatic heterocycles. The summed E-state index contributed by atoms with van der Waals surface area (Å²) in [6, 6.07) is 9.06. The lowest BCUT2D eigenvalue weighted by Crippen LogP contribution is -2.16. The number of aromatic nitrogens is 3. The van der Waals surface area contributed by atoms with Crippen LogP contribution in [0.25, 0.3) is 5.69 Å². The molecule has 0 atom stereocenters. The molecule has 0 N–H and O–H groups in total. The summed E-state index contributed by atoms with van der Waals surface area (Å²) < 4.78 is 1.38. The van der Waals surface area contributed by atoms with Gasteiger partial charge >= 0.3 is 5.69 Å². The van der Waals surface area contributed by atoms with Gasteiger partial charge in [0, 0.05) is 0 Å². The fraction of sp³-hybridized carbons (Fsp3) is 0. The molecule has 4 nitrogen and oxygen atoms in total. The molecule has 0 unspecified atom stereocenters. The Kier molecular flexibility index (Phi) is 2.70. The second-order valence-corrected chi connectivity index (χ2v) is 3.39. The standard InChI is InChI=1S/C9H5Cl2N3O/c10-7-12-9(15)13-8(11)14(7)6-4-2-1-3-5-6/h1-5H. The predicted octanol–water partition coefficient (Wildman–Crippen LogP) is 1.93. The van der Waals surface area contributed by atoms with E-state index < -0.39 is 5.69 Å². The Labute approximate surface area is 95.1 Å². The van der Waals surface area contributed by atoms with E-state index in [0.29, 0.717) is 5.69 Å². The predicted molar refractivity (Wildman–Crippen MR) is 57.6 cm³/mol. The molecule has 0 aliphatic heterocycles. The fourth-order valence-corrected chi connectivity index (χ4v) is 1.69. The molecule has 2 aromatic rings. The number of benzene rings is 1. The molecule has 0 fully saturated rings. The number of rotatable bonds is 1. The number of halogens is 2. The largest absolute Gasteiger partial charge is 0.372 e. The van der Waals surface area contributed by atoms with Gasteiger partial charge in [0.15, 0.2) is 0 Å². The number of hydrogen-bond acceptors (Lipinski definition) is 3. The van der Waals surface area contributed by atoms with Crippen LogP contribution in [-0.4, -0.2) is 14.5 Å². The summed E-state index contributed by atoms with van der Waals surface area (Å²) in [6.07, 6.45) is 0. The molecule has 0 radical (unpaired) electrons. The zero-order valence-corrected chi connectivity index (χ0v) is 8.90. The van der Waals surface area contributed by atoms with Gasteiger partial charge in [0.25, 0.3) is 0 Å². The summed E-state index contributed by atoms with van der Waals surface area (Å²) in [4.78, 5) is 17.9. The molecule has 0 saturated heterocycles. The van der Waals surface area contributed by atoms with E-state index in [9.17, 15) is 4.79 Å². The van der Waals surface area contributed by atoms with Crippen LogP contribution in [0.2, 0.25) is 10.6 Å². The molecule has 1 heterocycles. The molecule has 0 spiro atoms. The van der Waals surface area contributed by atoms with E-state index in [1.165, 1.54) is 4.57 Å². The molecule has 76 valence electrons. The van der Waals surface area contributed by atoms with Crippen molar-refractivity contribution >= 4 is 23.2 Å². The van der Waals surface area contributed by atoms with Crippen molar-refractivity contribution in [2.75, 3.05) is 0 Å². The van der Waals surface area contributed by atoms with Crippen LogP contribution < -0.4 is 5.69 Å². The third-order valence-electron chi connectivity index (χ3n) is 1.76. The quantitative estimate of drug-likeness (QED) is 0.767. The summed E-state index contributed by atoms with van der Waals surface area (Å²) in [7, 11) is 0. The van der Waals surface area contributed by atoms with Crippen LogP contribution in [0.5, 0.6) is 0 Å². The average molecular weight is 242 g/mol. The Hall–Kier alpha value is -1.39. The highest BCUT2D eigenvalue weighted by Gasteiger charge is 2.08. The number of hydrogen-bond donors (Lipinski definition) is 0. The maximum atomic E-state index is 10.9. The van der Waals surface area contributed by atoms with Gasteiger partial charge in [0.05, 0.1) is 5.69 Å². The molecule has 0 bridgehead atoms. The van der Waals surface area contributed by atoms with E-state index >= 15 is 0 Å². The number of nitrogens with zero attached hydrogens (tertiary/aromatic N) is 3. The lowest BCUT2D eigenvalue weighted by atomic mass is 10.3. The van der Waals surface area contributed by atoms with Crippen molar-refractivity contribution in [3.8, 4) is 5.69 Å². The molecule has 0 aliphatic carbocycles. The molecule has 0 saturated carbocycles. The van der Waals surface area contributed by atoms with Crippen LogP contribution in [0.3, 0.4) is 0 Å². The van der Waals surface area contributed by atoms with Gasteiger partial charge < -0.3 is 0 Å². The van der Waals surface area contributed by atoms with Crippen LogP contribution >= 0.6 is 23.2 Å². The van der Waals surface area contributed by atoms with E-state index in [1.807, 2.05) is 18.2 Å². The van der Waals surface area contributed by atoms with Gasteiger partial charge in [-0.05, 0) is 35.3 Å². The summed E-state index contributed by atoms with van der Waals surface area (Å²) in [5.74, 6) is 0. The van der Waals surface area contributed by atoms with Gasteiger partial charge in [-0.3, -0.25) is 4.57 Å². The highest BCUT2D eigenvalue weighted by Crippen LogP contribution is 2.17. The molecule has 0 aliphatic rings. The Morgan fingerprint density at radius 3 is 2.07 bits per heavy atom. The van der Waals surface area contributed by atoms with Crippen molar-refractivity contribution in [3.63, 3.8) is 0 Å². The SMILES string of the molecule is O=c1nc(Cl)n(-c2ccccc2)c(Cl)n1. The first kappa shape index (κ1) is 10.1. The third kappa shape index (κ3) is 2.00. The van der Waals surface area contributed by atoms with Crippen LogP contribution in [0.15, 0.2) is 35.1 Å². The van der Waals surface area contributed by atoms with E-state index in [4.69, 9.17) is 23.2 Å². The molecule has 2 rings (SSSR count). The molecule has 1 aromatic carbocycles. The normalized spacial score (nSPS) is 10.3. The fourth-order valence-electron chi connectivity index (χ4n) is 1.15. The summed E-state index contributed by atoms with van der Waals surface area (Å²) in [6.45, 7) is 0. The van der Waals surface area contributed by atoms with E-state index in [-0.39, 0.29) is 10.6 Å². The highest BCUT2D eigenvalue weighted by atomic mass is 35.5. The Morgan fingerprint density at radius 2 is 1.53 bits per heavy atom. The average Bonchev–Trinajstić information content (AvgIpc) is 2.17. The maximum Gasteiger partial charge on any atom is 0.372 e. The van der Waals surface area contributed by atoms with Crippen molar-refractivity contribution in [2.45, 2.75) is 0 Å². The first-order valence-electron chi connectivity index (χ1n) is 4.06. The second-order valence-electron chi connectivity index (χ2n) is 2.72. The van der Waals surface area contributed by atoms with Crippen LogP contribution in [0.1, 0.15) is 0 Å². The van der Waals surface area contributed by atoms with Gasteiger partial charge in [0.2, 0.25) is 10.6 Å². The van der Waals surface area contributed by atoms with Crippen LogP contribution in [0.4, 0.5) is 0 Å². The summed E-state index contributed by atoms with van der Waals surface area (Å²) >= 11 is 11.6. The van der Waals surface area contributed by atoms with Crippen LogP contribution in [-0.2, 0) is 0 Å². The molecular formula is C9H5Cl2N3O. The van der Waals surface area contributed by atoms with Gasteiger partial charge in [-0.1, -0.05) is 18.2 Å². The Balaban J connectivity index is 2.69. The summed E-state index contributed by atoms with van der Waals surface area (Å²) in [5.41, 5.74) is 0.00433. The maximum absolute atomic E-state index is 10.9. The lowest BCUT2D eigenvalue weighted by Gasteiger charge is -2.08. The Bertz CT molecular complexity index is 513. The molecule has 6 heteroatoms. The lowest BCUT2D eigenvalue weighted by molar-refractivity contribution is 0.883. The minimum absolute atomic E-state index is 0.00815. The van der Waals surface area contributed by atoms with Crippen molar-refractivity contribution in [2.24, 2.45) is 0 Å². The first-order chi connectivity index (χ1) is 7.18. The van der Waals surface area contributed by atoms with E-state index in [2.05, 4.69) is 9.97 Å². The second kappa shape index (κ2) is 4.00. The zero-order valence-electron chi connectivity index (χ0n) is 7.39. The molecule has 15 heavy (non-hydrogen) atoms. The molecular weight excluding hydrogens is 237 g/mol. The van der Waals surface area contributed by atoms with Gasteiger partial charge in [-0.25, -0.2) is 4.79 Å². The van der Waals surface area contributed by atoms with E-state index in [0.717, 1.165) is 0 Å².